The standard InChI is InChI=1S/C18H19N3/c1-15-7-9-17(10-8-15)13-21-14-19-20-18(21)12-11-16-5-3-2-4-6-16/h2-10,14H,11-13H2,1H3. The molecule has 0 aliphatic carbocycles. The zero-order chi connectivity index (χ0) is 14.5. The van der Waals surface area contributed by atoms with Crippen molar-refractivity contribution < 1.29 is 0 Å². The van der Waals surface area contributed by atoms with Gasteiger partial charge in [-0.05, 0) is 24.5 Å². The fourth-order valence-electron chi connectivity index (χ4n) is 2.40. The summed E-state index contributed by atoms with van der Waals surface area (Å²) in [6.45, 7) is 2.94. The van der Waals surface area contributed by atoms with Gasteiger partial charge in [-0.1, -0.05) is 60.2 Å². The quantitative estimate of drug-likeness (QED) is 0.715. The van der Waals surface area contributed by atoms with E-state index < -0.39 is 0 Å². The Morgan fingerprint density at radius 1 is 0.857 bits per heavy atom. The minimum atomic E-state index is 0.831. The van der Waals surface area contributed by atoms with Gasteiger partial charge >= 0.3 is 0 Å². The Morgan fingerprint density at radius 2 is 1.62 bits per heavy atom. The third-order valence-electron chi connectivity index (χ3n) is 3.65. The predicted octanol–water partition coefficient (Wildman–Crippen LogP) is 3.42. The van der Waals surface area contributed by atoms with Gasteiger partial charge in [-0.2, -0.15) is 0 Å². The van der Waals surface area contributed by atoms with Crippen LogP contribution >= 0.6 is 0 Å². The molecule has 0 aliphatic rings. The van der Waals surface area contributed by atoms with Crippen molar-refractivity contribution in [3.63, 3.8) is 0 Å². The number of hydrogen-bond donors (Lipinski definition) is 0. The maximum Gasteiger partial charge on any atom is 0.133 e. The summed E-state index contributed by atoms with van der Waals surface area (Å²) in [7, 11) is 0. The van der Waals surface area contributed by atoms with Crippen molar-refractivity contribution in [2.75, 3.05) is 0 Å². The first-order valence-corrected chi connectivity index (χ1v) is 7.27. The molecule has 106 valence electrons. The highest BCUT2D eigenvalue weighted by Gasteiger charge is 2.05. The second-order valence-electron chi connectivity index (χ2n) is 5.35. The van der Waals surface area contributed by atoms with E-state index in [9.17, 15) is 0 Å². The van der Waals surface area contributed by atoms with E-state index in [-0.39, 0.29) is 0 Å². The number of rotatable bonds is 5. The Bertz CT molecular complexity index is 684. The first kappa shape index (κ1) is 13.6. The minimum Gasteiger partial charge on any atom is -0.313 e. The molecule has 21 heavy (non-hydrogen) atoms. The lowest BCUT2D eigenvalue weighted by molar-refractivity contribution is 0.712. The zero-order valence-electron chi connectivity index (χ0n) is 12.2. The zero-order valence-corrected chi connectivity index (χ0v) is 12.2. The molecule has 3 rings (SSSR count). The van der Waals surface area contributed by atoms with Gasteiger partial charge in [0.1, 0.15) is 12.2 Å². The van der Waals surface area contributed by atoms with Gasteiger partial charge in [-0.3, -0.25) is 0 Å². The van der Waals surface area contributed by atoms with Crippen LogP contribution in [0.25, 0.3) is 0 Å². The normalized spacial score (nSPS) is 10.7. The van der Waals surface area contributed by atoms with E-state index in [4.69, 9.17) is 0 Å². The van der Waals surface area contributed by atoms with Gasteiger partial charge in [0.2, 0.25) is 0 Å². The summed E-state index contributed by atoms with van der Waals surface area (Å²) >= 11 is 0. The van der Waals surface area contributed by atoms with Crippen LogP contribution in [-0.2, 0) is 19.4 Å². The van der Waals surface area contributed by atoms with Gasteiger partial charge in [0, 0.05) is 6.42 Å². The lowest BCUT2D eigenvalue weighted by Crippen LogP contribution is -2.05. The molecule has 2 aromatic carbocycles. The lowest BCUT2D eigenvalue weighted by atomic mass is 10.1. The highest BCUT2D eigenvalue weighted by molar-refractivity contribution is 5.22. The molecular weight excluding hydrogens is 258 g/mol. The molecule has 1 aromatic heterocycles. The largest absolute Gasteiger partial charge is 0.313 e. The maximum absolute atomic E-state index is 4.26. The highest BCUT2D eigenvalue weighted by Crippen LogP contribution is 2.09. The molecule has 0 saturated carbocycles. The third kappa shape index (κ3) is 3.57. The summed E-state index contributed by atoms with van der Waals surface area (Å²) < 4.78 is 2.13. The Hall–Kier alpha value is -2.42. The number of hydrogen-bond acceptors (Lipinski definition) is 2. The average Bonchev–Trinajstić information content (AvgIpc) is 2.96. The van der Waals surface area contributed by atoms with Gasteiger partial charge in [0.25, 0.3) is 0 Å². The molecule has 0 radical (unpaired) electrons. The van der Waals surface area contributed by atoms with E-state index in [2.05, 4.69) is 70.2 Å². The first-order valence-electron chi connectivity index (χ1n) is 7.27. The van der Waals surface area contributed by atoms with E-state index in [0.29, 0.717) is 0 Å². The fraction of sp³-hybridized carbons (Fsp3) is 0.222. The van der Waals surface area contributed by atoms with Crippen LogP contribution in [0.1, 0.15) is 22.5 Å². The van der Waals surface area contributed by atoms with Crippen LogP contribution in [-0.4, -0.2) is 14.8 Å². The van der Waals surface area contributed by atoms with Crippen LogP contribution in [0.15, 0.2) is 60.9 Å². The Kier molecular flexibility index (Phi) is 4.10. The second-order valence-corrected chi connectivity index (χ2v) is 5.35. The second kappa shape index (κ2) is 6.35. The molecule has 0 spiro atoms. The molecular formula is C18H19N3. The molecule has 0 saturated heterocycles. The number of aromatic nitrogens is 3. The van der Waals surface area contributed by atoms with Gasteiger partial charge in [-0.25, -0.2) is 0 Å². The van der Waals surface area contributed by atoms with Crippen LogP contribution < -0.4 is 0 Å². The summed E-state index contributed by atoms with van der Waals surface area (Å²) in [6, 6.07) is 19.1. The topological polar surface area (TPSA) is 30.7 Å². The molecule has 3 heteroatoms. The SMILES string of the molecule is Cc1ccc(Cn2cnnc2CCc2ccccc2)cc1. The summed E-state index contributed by atoms with van der Waals surface area (Å²) in [5.41, 5.74) is 3.90. The molecule has 0 atom stereocenters. The molecule has 0 fully saturated rings. The third-order valence-corrected chi connectivity index (χ3v) is 3.65. The van der Waals surface area contributed by atoms with Crippen LogP contribution in [0.4, 0.5) is 0 Å². The van der Waals surface area contributed by atoms with Crippen LogP contribution in [0.3, 0.4) is 0 Å². The number of benzene rings is 2. The van der Waals surface area contributed by atoms with Gasteiger partial charge in [-0.15, -0.1) is 10.2 Å². The smallest absolute Gasteiger partial charge is 0.133 e. The van der Waals surface area contributed by atoms with E-state index in [1.165, 1.54) is 16.7 Å². The molecule has 3 nitrogen and oxygen atoms in total. The van der Waals surface area contributed by atoms with Gasteiger partial charge in [0.05, 0.1) is 6.54 Å². The van der Waals surface area contributed by atoms with E-state index in [1.807, 2.05) is 12.4 Å². The summed E-state index contributed by atoms with van der Waals surface area (Å²) in [5.74, 6) is 1.04. The monoisotopic (exact) mass is 277 g/mol. The fourth-order valence-corrected chi connectivity index (χ4v) is 2.40. The Morgan fingerprint density at radius 3 is 2.38 bits per heavy atom. The van der Waals surface area contributed by atoms with E-state index in [0.717, 1.165) is 25.2 Å². The van der Waals surface area contributed by atoms with Crippen LogP contribution in [0, 0.1) is 6.92 Å². The Balaban J connectivity index is 1.68. The Labute approximate surface area is 125 Å². The molecule has 0 amide bonds. The highest BCUT2D eigenvalue weighted by atomic mass is 15.3. The molecule has 0 bridgehead atoms. The van der Waals surface area contributed by atoms with Crippen LogP contribution in [0.2, 0.25) is 0 Å². The summed E-state index contributed by atoms with van der Waals surface area (Å²) in [6.07, 6.45) is 3.73. The average molecular weight is 277 g/mol. The van der Waals surface area contributed by atoms with Crippen molar-refractivity contribution >= 4 is 0 Å². The lowest BCUT2D eigenvalue weighted by Gasteiger charge is -2.07. The summed E-state index contributed by atoms with van der Waals surface area (Å²) in [5, 5.41) is 8.32. The molecule has 0 aliphatic heterocycles. The maximum atomic E-state index is 4.26. The number of aryl methyl sites for hydroxylation is 3. The van der Waals surface area contributed by atoms with E-state index >= 15 is 0 Å². The molecule has 0 N–H and O–H groups in total. The number of nitrogens with zero attached hydrogens (tertiary/aromatic N) is 3. The molecule has 0 unspecified atom stereocenters. The van der Waals surface area contributed by atoms with Gasteiger partial charge in [0.15, 0.2) is 0 Å². The van der Waals surface area contributed by atoms with Crippen molar-refractivity contribution in [3.8, 4) is 0 Å². The van der Waals surface area contributed by atoms with Crippen molar-refractivity contribution in [2.24, 2.45) is 0 Å². The molecule has 3 aromatic rings. The first-order chi connectivity index (χ1) is 10.3. The minimum absolute atomic E-state index is 0.831. The summed E-state index contributed by atoms with van der Waals surface area (Å²) in [4.78, 5) is 0. The van der Waals surface area contributed by atoms with Crippen molar-refractivity contribution in [1.82, 2.24) is 14.8 Å². The predicted molar refractivity (Wildman–Crippen MR) is 84.2 cm³/mol. The van der Waals surface area contributed by atoms with E-state index in [1.54, 1.807) is 0 Å². The van der Waals surface area contributed by atoms with Crippen molar-refractivity contribution in [1.29, 1.82) is 0 Å². The molecule has 1 heterocycles. The van der Waals surface area contributed by atoms with Gasteiger partial charge < -0.3 is 4.57 Å². The van der Waals surface area contributed by atoms with Crippen molar-refractivity contribution in [2.45, 2.75) is 26.3 Å². The van der Waals surface area contributed by atoms with Crippen LogP contribution in [0.5, 0.6) is 0 Å². The van der Waals surface area contributed by atoms with Crippen molar-refractivity contribution in [3.05, 3.63) is 83.4 Å².